The molecule has 7 nitrogen and oxygen atoms in total. The molecule has 8 heteroatoms. The monoisotopic (exact) mass is 759 g/mol. The lowest BCUT2D eigenvalue weighted by Gasteiger charge is -2.58. The zero-order chi connectivity index (χ0) is 32.1. The first-order chi connectivity index (χ1) is 21.3. The van der Waals surface area contributed by atoms with Crippen LogP contribution in [0.3, 0.4) is 0 Å². The van der Waals surface area contributed by atoms with Crippen LogP contribution in [0.1, 0.15) is 105 Å². The first-order valence-corrected chi connectivity index (χ1v) is 18.8. The third kappa shape index (κ3) is 7.17. The molecule has 0 aromatic rings. The van der Waals surface area contributed by atoms with Gasteiger partial charge in [0.15, 0.2) is 6.29 Å². The van der Waals surface area contributed by atoms with Crippen molar-refractivity contribution in [1.29, 1.82) is 0 Å². The first-order valence-electron chi connectivity index (χ1n) is 18.8. The molecule has 0 spiro atoms. The van der Waals surface area contributed by atoms with Crippen molar-refractivity contribution in [2.45, 2.75) is 142 Å². The molecule has 0 aromatic carbocycles. The second kappa shape index (κ2) is 14.8. The Balaban J connectivity index is 0.00000417. The van der Waals surface area contributed by atoms with Crippen molar-refractivity contribution in [2.75, 3.05) is 39.9 Å². The Hall–Kier alpha value is 0.190. The van der Waals surface area contributed by atoms with Crippen molar-refractivity contribution in [3.05, 3.63) is 11.6 Å². The number of rotatable bonds is 9. The molecule has 266 valence electrons. The van der Waals surface area contributed by atoms with Gasteiger partial charge in [0.2, 0.25) is 0 Å². The highest BCUT2D eigenvalue weighted by atomic mass is 127. The van der Waals surface area contributed by atoms with Gasteiger partial charge in [0.25, 0.3) is 0 Å². The van der Waals surface area contributed by atoms with Gasteiger partial charge in [-0.15, -0.1) is 0 Å². The minimum Gasteiger partial charge on any atom is -1.00 e. The van der Waals surface area contributed by atoms with Crippen LogP contribution in [-0.4, -0.2) is 96.5 Å². The van der Waals surface area contributed by atoms with Gasteiger partial charge in [-0.3, -0.25) is 0 Å². The van der Waals surface area contributed by atoms with E-state index in [1.54, 1.807) is 5.57 Å². The Morgan fingerprint density at radius 3 is 2.39 bits per heavy atom. The Bertz CT molecular complexity index is 1050. The molecule has 0 bridgehead atoms. The Labute approximate surface area is 296 Å². The standard InChI is InChI=1S/C38H66NO6.HI/c1-24(2)8-7-9-25(3)29-12-13-30-28-11-10-26-22-27(14-16-37(26,4)31(28)15-17-38(29,30)5)44-36-35(42)34(41)33(40)32(45-36)23-39(6)18-20-43-21-19-39;/h10,24-25,27-36,40-42H,7-9,11-23H2,1-6H3;1H/q+1;/p-1/t25-,27+,28+,29-,30+,31+,32-,33-,34+,35-,36-,37+,38-;/m1./s1. The van der Waals surface area contributed by atoms with E-state index in [1.165, 1.54) is 51.4 Å². The van der Waals surface area contributed by atoms with Crippen molar-refractivity contribution in [3.63, 3.8) is 0 Å². The molecule has 13 atom stereocenters. The molecule has 5 fully saturated rings. The molecule has 0 radical (unpaired) electrons. The van der Waals surface area contributed by atoms with Crippen molar-refractivity contribution >= 4 is 0 Å². The number of aliphatic hydroxyl groups is 3. The maximum Gasteiger partial charge on any atom is 0.187 e. The Kier molecular flexibility index (Phi) is 12.1. The van der Waals surface area contributed by atoms with Crippen molar-refractivity contribution in [1.82, 2.24) is 0 Å². The molecular weight excluding hydrogens is 693 g/mol. The molecule has 3 saturated carbocycles. The molecule has 46 heavy (non-hydrogen) atoms. The Morgan fingerprint density at radius 1 is 0.935 bits per heavy atom. The number of hydrogen-bond acceptors (Lipinski definition) is 6. The van der Waals surface area contributed by atoms with Crippen LogP contribution >= 0.6 is 0 Å². The van der Waals surface area contributed by atoms with Crippen LogP contribution < -0.4 is 24.0 Å². The van der Waals surface area contributed by atoms with Gasteiger partial charge in [-0.05, 0) is 97.7 Å². The van der Waals surface area contributed by atoms with Gasteiger partial charge in [0.05, 0.1) is 26.4 Å². The van der Waals surface area contributed by atoms with E-state index in [4.69, 9.17) is 14.2 Å². The molecule has 2 aliphatic heterocycles. The van der Waals surface area contributed by atoms with Crippen LogP contribution in [0.25, 0.3) is 0 Å². The molecule has 6 rings (SSSR count). The third-order valence-corrected chi connectivity index (χ3v) is 14.4. The summed E-state index contributed by atoms with van der Waals surface area (Å²) in [4.78, 5) is 0. The van der Waals surface area contributed by atoms with Gasteiger partial charge < -0.3 is 58.0 Å². The lowest BCUT2D eigenvalue weighted by Crippen LogP contribution is -3.00. The highest BCUT2D eigenvalue weighted by molar-refractivity contribution is 5.25. The summed E-state index contributed by atoms with van der Waals surface area (Å²) in [7, 11) is 2.14. The Morgan fingerprint density at radius 2 is 1.67 bits per heavy atom. The van der Waals surface area contributed by atoms with Gasteiger partial charge in [-0.2, -0.15) is 0 Å². The predicted molar refractivity (Wildman–Crippen MR) is 176 cm³/mol. The van der Waals surface area contributed by atoms with E-state index in [9.17, 15) is 15.3 Å². The topological polar surface area (TPSA) is 88.4 Å². The quantitative estimate of drug-likeness (QED) is 0.191. The van der Waals surface area contributed by atoms with Crippen LogP contribution in [0, 0.1) is 46.3 Å². The van der Waals surface area contributed by atoms with Crippen LogP contribution in [-0.2, 0) is 14.2 Å². The second-order valence-corrected chi connectivity index (χ2v) is 17.7. The van der Waals surface area contributed by atoms with Gasteiger partial charge in [-0.1, -0.05) is 65.5 Å². The number of fused-ring (bicyclic) bond motifs is 5. The van der Waals surface area contributed by atoms with E-state index in [0.29, 0.717) is 29.7 Å². The van der Waals surface area contributed by atoms with Gasteiger partial charge in [-0.25, -0.2) is 0 Å². The number of morpholine rings is 1. The average molecular weight is 760 g/mol. The second-order valence-electron chi connectivity index (χ2n) is 17.7. The summed E-state index contributed by atoms with van der Waals surface area (Å²) >= 11 is 0. The smallest absolute Gasteiger partial charge is 0.187 e. The van der Waals surface area contributed by atoms with Crippen LogP contribution in [0.2, 0.25) is 0 Å². The maximum atomic E-state index is 10.9. The summed E-state index contributed by atoms with van der Waals surface area (Å²) < 4.78 is 19.0. The van der Waals surface area contributed by atoms with Crippen LogP contribution in [0.4, 0.5) is 0 Å². The number of likely N-dealkylation sites (N-methyl/N-ethyl adjacent to an activating group) is 1. The third-order valence-electron chi connectivity index (χ3n) is 14.4. The van der Waals surface area contributed by atoms with E-state index < -0.39 is 30.7 Å². The maximum absolute atomic E-state index is 10.9. The first kappa shape index (κ1) is 37.4. The van der Waals surface area contributed by atoms with E-state index in [2.05, 4.69) is 47.7 Å². The van der Waals surface area contributed by atoms with E-state index in [-0.39, 0.29) is 35.5 Å². The molecule has 2 saturated heterocycles. The molecule has 2 heterocycles. The van der Waals surface area contributed by atoms with Crippen molar-refractivity contribution in [3.8, 4) is 0 Å². The number of halogens is 1. The number of aliphatic hydroxyl groups excluding tert-OH is 3. The molecule has 0 aromatic heterocycles. The molecular formula is C38H66INO6. The molecule has 4 aliphatic carbocycles. The summed E-state index contributed by atoms with van der Waals surface area (Å²) in [5.41, 5.74) is 2.27. The minimum absolute atomic E-state index is 0. The van der Waals surface area contributed by atoms with Gasteiger partial charge >= 0.3 is 0 Å². The number of allylic oxidation sites excluding steroid dienone is 1. The van der Waals surface area contributed by atoms with Gasteiger partial charge in [0.1, 0.15) is 44.1 Å². The fourth-order valence-corrected chi connectivity index (χ4v) is 11.5. The summed E-state index contributed by atoms with van der Waals surface area (Å²) in [6, 6.07) is 0. The fourth-order valence-electron chi connectivity index (χ4n) is 11.5. The number of quaternary nitrogens is 1. The van der Waals surface area contributed by atoms with E-state index in [0.717, 1.165) is 67.9 Å². The van der Waals surface area contributed by atoms with Crippen LogP contribution in [0.5, 0.6) is 0 Å². The SMILES string of the molecule is CC(C)CCC[C@@H](C)[C@H]1CC[C@H]2[C@@H]3CC=C4C[C@@H](O[C@@H]5O[C@H](C[N+]6(C)CCOCC6)[C@@H](O)[C@H](O)[C@H]5O)CC[C@]4(C)[C@H]3CC[C@]12C.[I-]. The normalized spacial score (nSPS) is 46.0. The highest BCUT2D eigenvalue weighted by Crippen LogP contribution is 2.67. The molecule has 3 N–H and O–H groups in total. The lowest BCUT2D eigenvalue weighted by molar-refractivity contribution is -0.920. The summed E-state index contributed by atoms with van der Waals surface area (Å²) in [6.07, 6.45) is 11.2. The van der Waals surface area contributed by atoms with Crippen LogP contribution in [0.15, 0.2) is 11.6 Å². The van der Waals surface area contributed by atoms with E-state index >= 15 is 0 Å². The number of hydrogen-bond donors (Lipinski definition) is 3. The zero-order valence-corrected chi connectivity index (χ0v) is 31.9. The largest absolute Gasteiger partial charge is 1.00 e. The summed E-state index contributed by atoms with van der Waals surface area (Å²) in [5.74, 6) is 4.93. The van der Waals surface area contributed by atoms with Crippen molar-refractivity contribution < 1.29 is 58.0 Å². The lowest BCUT2D eigenvalue weighted by atomic mass is 9.47. The number of nitrogens with zero attached hydrogens (tertiary/aromatic N) is 1. The average Bonchev–Trinajstić information content (AvgIpc) is 3.36. The molecule has 6 aliphatic rings. The number of ether oxygens (including phenoxy) is 3. The molecule has 0 amide bonds. The predicted octanol–water partition coefficient (Wildman–Crippen LogP) is 2.70. The zero-order valence-electron chi connectivity index (χ0n) is 29.7. The fraction of sp³-hybridized carbons (Fsp3) is 0.947. The summed E-state index contributed by atoms with van der Waals surface area (Å²) in [6.45, 7) is 16.1. The summed E-state index contributed by atoms with van der Waals surface area (Å²) in [5, 5.41) is 32.5. The van der Waals surface area contributed by atoms with Crippen molar-refractivity contribution in [2.24, 2.45) is 46.3 Å². The van der Waals surface area contributed by atoms with E-state index in [1.807, 2.05) is 0 Å². The molecule has 0 unspecified atom stereocenters. The highest BCUT2D eigenvalue weighted by Gasteiger charge is 2.59. The van der Waals surface area contributed by atoms with Gasteiger partial charge in [0, 0.05) is 0 Å². The minimum atomic E-state index is -1.28.